The maximum atomic E-state index is 12.0. The summed E-state index contributed by atoms with van der Waals surface area (Å²) in [6.45, 7) is 0.630. The Labute approximate surface area is 168 Å². The third-order valence-electron chi connectivity index (χ3n) is 4.25. The number of amides is 1. The molecular weight excluding hydrogens is 378 g/mol. The lowest BCUT2D eigenvalue weighted by Gasteiger charge is -2.05. The second kappa shape index (κ2) is 9.90. The van der Waals surface area contributed by atoms with Gasteiger partial charge in [-0.05, 0) is 54.8 Å². The first-order valence-electron chi connectivity index (χ1n) is 9.12. The van der Waals surface area contributed by atoms with Crippen LogP contribution in [0.2, 0.25) is 5.02 Å². The third kappa shape index (κ3) is 5.82. The average Bonchev–Trinajstić information content (AvgIpc) is 3.20. The van der Waals surface area contributed by atoms with Crippen molar-refractivity contribution in [3.05, 3.63) is 65.0 Å². The highest BCUT2D eigenvalue weighted by Gasteiger charge is 2.10. The van der Waals surface area contributed by atoms with Crippen LogP contribution in [0.5, 0.6) is 5.75 Å². The number of rotatable bonds is 9. The van der Waals surface area contributed by atoms with E-state index in [0.717, 1.165) is 24.2 Å². The van der Waals surface area contributed by atoms with Crippen molar-refractivity contribution in [3.63, 3.8) is 0 Å². The van der Waals surface area contributed by atoms with Gasteiger partial charge in [0.1, 0.15) is 5.75 Å². The van der Waals surface area contributed by atoms with Gasteiger partial charge in [-0.3, -0.25) is 4.79 Å². The van der Waals surface area contributed by atoms with E-state index in [4.69, 9.17) is 20.8 Å². The molecule has 146 valence electrons. The van der Waals surface area contributed by atoms with Gasteiger partial charge in [-0.25, -0.2) is 0 Å². The largest absolute Gasteiger partial charge is 0.497 e. The lowest BCUT2D eigenvalue weighted by atomic mass is 10.1. The van der Waals surface area contributed by atoms with Gasteiger partial charge in [0.25, 0.3) is 0 Å². The molecule has 7 heteroatoms. The van der Waals surface area contributed by atoms with Gasteiger partial charge in [-0.2, -0.15) is 0 Å². The number of halogens is 1. The highest BCUT2D eigenvalue weighted by molar-refractivity contribution is 6.30. The van der Waals surface area contributed by atoms with Crippen LogP contribution < -0.4 is 10.1 Å². The lowest BCUT2D eigenvalue weighted by Crippen LogP contribution is -2.25. The molecule has 0 atom stereocenters. The summed E-state index contributed by atoms with van der Waals surface area (Å²) >= 11 is 5.87. The molecule has 0 bridgehead atoms. The molecule has 0 radical (unpaired) electrons. The predicted molar refractivity (Wildman–Crippen MR) is 107 cm³/mol. The first-order chi connectivity index (χ1) is 13.6. The van der Waals surface area contributed by atoms with Crippen LogP contribution in [0.15, 0.2) is 52.9 Å². The zero-order valence-electron chi connectivity index (χ0n) is 15.7. The smallest absolute Gasteiger partial charge is 0.247 e. The summed E-state index contributed by atoms with van der Waals surface area (Å²) in [7, 11) is 1.65. The van der Waals surface area contributed by atoms with Gasteiger partial charge in [-0.1, -0.05) is 23.7 Å². The van der Waals surface area contributed by atoms with E-state index in [-0.39, 0.29) is 5.91 Å². The van der Waals surface area contributed by atoms with Crippen molar-refractivity contribution >= 4 is 17.5 Å². The van der Waals surface area contributed by atoms with Crippen molar-refractivity contribution in [3.8, 4) is 17.2 Å². The Balaban J connectivity index is 1.36. The molecule has 1 aromatic heterocycles. The number of carbonyl (C=O) groups is 1. The van der Waals surface area contributed by atoms with E-state index in [2.05, 4.69) is 15.5 Å². The van der Waals surface area contributed by atoms with Crippen LogP contribution >= 0.6 is 11.6 Å². The Morgan fingerprint density at radius 2 is 1.82 bits per heavy atom. The molecule has 0 saturated heterocycles. The van der Waals surface area contributed by atoms with Crippen LogP contribution in [-0.4, -0.2) is 29.8 Å². The minimum atomic E-state index is -0.0269. The number of aromatic nitrogens is 2. The molecule has 0 unspecified atom stereocenters. The lowest BCUT2D eigenvalue weighted by molar-refractivity contribution is -0.121. The predicted octanol–water partition coefficient (Wildman–Crippen LogP) is 4.08. The topological polar surface area (TPSA) is 77.2 Å². The van der Waals surface area contributed by atoms with Crippen LogP contribution in [0.25, 0.3) is 11.5 Å². The molecule has 1 heterocycles. The number of hydrogen-bond donors (Lipinski definition) is 1. The van der Waals surface area contributed by atoms with Crippen molar-refractivity contribution in [2.45, 2.75) is 25.7 Å². The van der Waals surface area contributed by atoms with Crippen LogP contribution in [0, 0.1) is 0 Å². The zero-order valence-corrected chi connectivity index (χ0v) is 16.4. The molecule has 6 nitrogen and oxygen atoms in total. The van der Waals surface area contributed by atoms with Crippen LogP contribution in [0.4, 0.5) is 0 Å². The van der Waals surface area contributed by atoms with Crippen molar-refractivity contribution in [1.29, 1.82) is 0 Å². The molecular formula is C21H22ClN3O3. The van der Waals surface area contributed by atoms with E-state index in [1.165, 1.54) is 5.56 Å². The van der Waals surface area contributed by atoms with Gasteiger partial charge in [0, 0.05) is 30.0 Å². The second-order valence-corrected chi connectivity index (χ2v) is 6.75. The van der Waals surface area contributed by atoms with Crippen LogP contribution in [0.3, 0.4) is 0 Å². The number of ether oxygens (including phenoxy) is 1. The Bertz CT molecular complexity index is 892. The Kier molecular flexibility index (Phi) is 7.03. The van der Waals surface area contributed by atoms with Gasteiger partial charge in [0.05, 0.1) is 7.11 Å². The van der Waals surface area contributed by atoms with Crippen molar-refractivity contribution in [2.75, 3.05) is 13.7 Å². The average molecular weight is 400 g/mol. The number of methoxy groups -OCH3 is 1. The summed E-state index contributed by atoms with van der Waals surface area (Å²) in [6, 6.07) is 15.1. The molecule has 0 spiro atoms. The van der Waals surface area contributed by atoms with Crippen LogP contribution in [0.1, 0.15) is 24.3 Å². The number of nitrogens with one attached hydrogen (secondary N) is 1. The molecule has 3 rings (SSSR count). The molecule has 2 aromatic carbocycles. The minimum absolute atomic E-state index is 0.0269. The van der Waals surface area contributed by atoms with Crippen LogP contribution in [-0.2, 0) is 17.6 Å². The number of nitrogens with zero attached hydrogens (tertiary/aromatic N) is 2. The van der Waals surface area contributed by atoms with Crippen molar-refractivity contribution in [2.24, 2.45) is 0 Å². The maximum absolute atomic E-state index is 12.0. The van der Waals surface area contributed by atoms with Crippen molar-refractivity contribution < 1.29 is 13.9 Å². The molecule has 0 aliphatic carbocycles. The van der Waals surface area contributed by atoms with E-state index >= 15 is 0 Å². The first kappa shape index (κ1) is 19.9. The molecule has 0 saturated carbocycles. The molecule has 1 amide bonds. The standard InChI is InChI=1S/C21H22ClN3O3/c1-27-18-10-4-15(5-11-18)3-2-14-23-19(26)12-13-20-24-25-21(28-20)16-6-8-17(22)9-7-16/h4-11H,2-3,12-14H2,1H3,(H,23,26). The van der Waals surface area contributed by atoms with Gasteiger partial charge in [-0.15, -0.1) is 10.2 Å². The molecule has 0 aliphatic rings. The monoisotopic (exact) mass is 399 g/mol. The fraction of sp³-hybridized carbons (Fsp3) is 0.286. The molecule has 1 N–H and O–H groups in total. The van der Waals surface area contributed by atoms with E-state index in [9.17, 15) is 4.79 Å². The SMILES string of the molecule is COc1ccc(CCCNC(=O)CCc2nnc(-c3ccc(Cl)cc3)o2)cc1. The molecule has 0 aliphatic heterocycles. The third-order valence-corrected chi connectivity index (χ3v) is 4.50. The van der Waals surface area contributed by atoms with Gasteiger partial charge < -0.3 is 14.5 Å². The highest BCUT2D eigenvalue weighted by atomic mass is 35.5. The van der Waals surface area contributed by atoms with Gasteiger partial charge >= 0.3 is 0 Å². The summed E-state index contributed by atoms with van der Waals surface area (Å²) < 4.78 is 10.7. The number of hydrogen-bond acceptors (Lipinski definition) is 5. The summed E-state index contributed by atoms with van der Waals surface area (Å²) in [5, 5.41) is 11.6. The number of aryl methyl sites for hydroxylation is 2. The quantitative estimate of drug-likeness (QED) is 0.548. The molecule has 3 aromatic rings. The summed E-state index contributed by atoms with van der Waals surface area (Å²) in [5.74, 6) is 1.68. The number of carbonyl (C=O) groups excluding carboxylic acids is 1. The zero-order chi connectivity index (χ0) is 19.8. The fourth-order valence-electron chi connectivity index (χ4n) is 2.69. The normalized spacial score (nSPS) is 10.6. The van der Waals surface area contributed by atoms with E-state index in [1.54, 1.807) is 19.2 Å². The van der Waals surface area contributed by atoms with E-state index in [1.807, 2.05) is 36.4 Å². The molecule has 0 fully saturated rings. The second-order valence-electron chi connectivity index (χ2n) is 6.31. The van der Waals surface area contributed by atoms with E-state index < -0.39 is 0 Å². The number of benzene rings is 2. The van der Waals surface area contributed by atoms with Gasteiger partial charge in [0.2, 0.25) is 17.7 Å². The minimum Gasteiger partial charge on any atom is -0.497 e. The Morgan fingerprint density at radius 3 is 2.54 bits per heavy atom. The first-order valence-corrected chi connectivity index (χ1v) is 9.50. The van der Waals surface area contributed by atoms with E-state index in [0.29, 0.717) is 36.2 Å². The Hall–Kier alpha value is -2.86. The summed E-state index contributed by atoms with van der Waals surface area (Å²) in [6.07, 6.45) is 2.49. The summed E-state index contributed by atoms with van der Waals surface area (Å²) in [4.78, 5) is 12.0. The fourth-order valence-corrected chi connectivity index (χ4v) is 2.81. The summed E-state index contributed by atoms with van der Waals surface area (Å²) in [5.41, 5.74) is 2.02. The molecule has 28 heavy (non-hydrogen) atoms. The highest BCUT2D eigenvalue weighted by Crippen LogP contribution is 2.20. The Morgan fingerprint density at radius 1 is 1.07 bits per heavy atom. The van der Waals surface area contributed by atoms with Gasteiger partial charge in [0.15, 0.2) is 0 Å². The van der Waals surface area contributed by atoms with Crippen molar-refractivity contribution in [1.82, 2.24) is 15.5 Å². The maximum Gasteiger partial charge on any atom is 0.247 e.